The molecule has 1 rings (SSSR count). The highest BCUT2D eigenvalue weighted by atomic mass is 35.5. The van der Waals surface area contributed by atoms with Gasteiger partial charge in [0.1, 0.15) is 6.04 Å². The fourth-order valence-corrected chi connectivity index (χ4v) is 1.51. The lowest BCUT2D eigenvalue weighted by Gasteiger charge is -2.10. The van der Waals surface area contributed by atoms with Crippen molar-refractivity contribution in [1.82, 2.24) is 0 Å². The van der Waals surface area contributed by atoms with Crippen LogP contribution in [0.2, 0.25) is 5.02 Å². The van der Waals surface area contributed by atoms with Gasteiger partial charge >= 0.3 is 5.97 Å². The molecule has 3 nitrogen and oxygen atoms in total. The lowest BCUT2D eigenvalue weighted by molar-refractivity contribution is -0.142. The third-order valence-electron chi connectivity index (χ3n) is 1.88. The second kappa shape index (κ2) is 4.44. The van der Waals surface area contributed by atoms with Crippen LogP contribution in [0.25, 0.3) is 0 Å². The van der Waals surface area contributed by atoms with Gasteiger partial charge in [-0.05, 0) is 30.2 Å². The van der Waals surface area contributed by atoms with E-state index >= 15 is 0 Å². The third kappa shape index (κ3) is 2.47. The third-order valence-corrected chi connectivity index (χ3v) is 2.10. The minimum Gasteiger partial charge on any atom is -0.468 e. The Morgan fingerprint density at radius 2 is 2.14 bits per heavy atom. The Bertz CT molecular complexity index is 332. The summed E-state index contributed by atoms with van der Waals surface area (Å²) in [5, 5.41) is 0.569. The van der Waals surface area contributed by atoms with E-state index < -0.39 is 12.0 Å². The zero-order valence-electron chi connectivity index (χ0n) is 8.08. The topological polar surface area (TPSA) is 52.3 Å². The van der Waals surface area contributed by atoms with Crippen molar-refractivity contribution in [2.24, 2.45) is 5.73 Å². The van der Waals surface area contributed by atoms with Crippen LogP contribution >= 0.6 is 11.6 Å². The molecule has 0 fully saturated rings. The summed E-state index contributed by atoms with van der Waals surface area (Å²) in [7, 11) is 1.31. The monoisotopic (exact) mass is 213 g/mol. The molecule has 0 spiro atoms. The lowest BCUT2D eigenvalue weighted by Crippen LogP contribution is -2.22. The molecular weight excluding hydrogens is 202 g/mol. The van der Waals surface area contributed by atoms with Crippen molar-refractivity contribution in [3.8, 4) is 0 Å². The number of hydrogen-bond donors (Lipinski definition) is 1. The number of methoxy groups -OCH3 is 1. The average molecular weight is 214 g/mol. The highest BCUT2D eigenvalue weighted by Crippen LogP contribution is 2.19. The summed E-state index contributed by atoms with van der Waals surface area (Å²) in [6, 6.07) is 4.51. The van der Waals surface area contributed by atoms with Crippen molar-refractivity contribution < 1.29 is 9.53 Å². The summed E-state index contributed by atoms with van der Waals surface area (Å²) >= 11 is 5.83. The molecule has 1 aromatic carbocycles. The number of carbonyl (C=O) groups is 1. The smallest absolute Gasteiger partial charge is 0.327 e. The van der Waals surface area contributed by atoms with E-state index in [1.807, 2.05) is 13.0 Å². The maximum absolute atomic E-state index is 11.1. The van der Waals surface area contributed by atoms with Gasteiger partial charge in [-0.25, -0.2) is 0 Å². The summed E-state index contributed by atoms with van der Waals surface area (Å²) in [5.41, 5.74) is 7.29. The van der Waals surface area contributed by atoms with Gasteiger partial charge in [0, 0.05) is 5.02 Å². The Morgan fingerprint density at radius 3 is 2.64 bits per heavy atom. The van der Waals surface area contributed by atoms with Gasteiger partial charge in [0.2, 0.25) is 0 Å². The molecule has 2 N–H and O–H groups in total. The average Bonchev–Trinajstić information content (AvgIpc) is 2.14. The van der Waals surface area contributed by atoms with Gasteiger partial charge in [-0.3, -0.25) is 4.79 Å². The summed E-state index contributed by atoms with van der Waals surface area (Å²) in [4.78, 5) is 11.1. The Hall–Kier alpha value is -1.06. The molecular formula is C10H12ClNO2. The quantitative estimate of drug-likeness (QED) is 0.763. The van der Waals surface area contributed by atoms with Crippen molar-refractivity contribution in [1.29, 1.82) is 0 Å². The number of carbonyl (C=O) groups excluding carboxylic acids is 1. The largest absolute Gasteiger partial charge is 0.468 e. The molecule has 0 aromatic heterocycles. The van der Waals surface area contributed by atoms with Crippen LogP contribution in [0.15, 0.2) is 18.2 Å². The second-order valence-electron chi connectivity index (χ2n) is 3.06. The second-order valence-corrected chi connectivity index (χ2v) is 3.50. The molecule has 0 amide bonds. The highest BCUT2D eigenvalue weighted by molar-refractivity contribution is 6.30. The fourth-order valence-electron chi connectivity index (χ4n) is 1.21. The Balaban J connectivity index is 3.00. The van der Waals surface area contributed by atoms with Crippen LogP contribution in [0.3, 0.4) is 0 Å². The summed E-state index contributed by atoms with van der Waals surface area (Å²) < 4.78 is 4.54. The Kier molecular flexibility index (Phi) is 3.49. The Morgan fingerprint density at radius 1 is 1.50 bits per heavy atom. The standard InChI is InChI=1S/C10H12ClNO2/c1-6-3-7(5-8(11)4-6)9(12)10(13)14-2/h3-5,9H,12H2,1-2H3. The van der Waals surface area contributed by atoms with Crippen LogP contribution in [0, 0.1) is 6.92 Å². The van der Waals surface area contributed by atoms with Gasteiger partial charge in [0.05, 0.1) is 7.11 Å². The van der Waals surface area contributed by atoms with Gasteiger partial charge in [-0.1, -0.05) is 17.7 Å². The molecule has 0 aliphatic heterocycles. The van der Waals surface area contributed by atoms with Crippen LogP contribution in [0.5, 0.6) is 0 Å². The molecule has 76 valence electrons. The molecule has 0 radical (unpaired) electrons. The van der Waals surface area contributed by atoms with Gasteiger partial charge in [-0.15, -0.1) is 0 Å². The van der Waals surface area contributed by atoms with Gasteiger partial charge < -0.3 is 10.5 Å². The van der Waals surface area contributed by atoms with E-state index in [0.29, 0.717) is 10.6 Å². The first-order chi connectivity index (χ1) is 6.54. The van der Waals surface area contributed by atoms with Gasteiger partial charge in [0.15, 0.2) is 0 Å². The Labute approximate surface area is 87.8 Å². The van der Waals surface area contributed by atoms with E-state index in [2.05, 4.69) is 4.74 Å². The van der Waals surface area contributed by atoms with Crippen LogP contribution in [-0.2, 0) is 9.53 Å². The molecule has 0 aliphatic rings. The molecule has 1 unspecified atom stereocenters. The van der Waals surface area contributed by atoms with Crippen molar-refractivity contribution in [3.05, 3.63) is 34.3 Å². The first-order valence-electron chi connectivity index (χ1n) is 4.15. The minimum absolute atomic E-state index is 0.466. The van der Waals surface area contributed by atoms with Crippen molar-refractivity contribution in [2.45, 2.75) is 13.0 Å². The van der Waals surface area contributed by atoms with E-state index in [0.717, 1.165) is 5.56 Å². The van der Waals surface area contributed by atoms with Gasteiger partial charge in [0.25, 0.3) is 0 Å². The molecule has 0 heterocycles. The molecule has 0 aliphatic carbocycles. The van der Waals surface area contributed by atoms with Gasteiger partial charge in [-0.2, -0.15) is 0 Å². The van der Waals surface area contributed by atoms with Crippen LogP contribution in [0.4, 0.5) is 0 Å². The normalized spacial score (nSPS) is 12.3. The number of hydrogen-bond acceptors (Lipinski definition) is 3. The minimum atomic E-state index is -0.766. The number of nitrogens with two attached hydrogens (primary N) is 1. The van der Waals surface area contributed by atoms with Crippen molar-refractivity contribution in [2.75, 3.05) is 7.11 Å². The fraction of sp³-hybridized carbons (Fsp3) is 0.300. The van der Waals surface area contributed by atoms with Crippen LogP contribution in [0.1, 0.15) is 17.2 Å². The molecule has 4 heteroatoms. The number of aryl methyl sites for hydroxylation is 1. The van der Waals surface area contributed by atoms with Crippen molar-refractivity contribution in [3.63, 3.8) is 0 Å². The maximum Gasteiger partial charge on any atom is 0.327 e. The van der Waals surface area contributed by atoms with E-state index in [1.54, 1.807) is 12.1 Å². The molecule has 0 saturated carbocycles. The van der Waals surface area contributed by atoms with E-state index in [4.69, 9.17) is 17.3 Å². The number of halogens is 1. The molecule has 1 aromatic rings. The molecule has 14 heavy (non-hydrogen) atoms. The molecule has 0 bridgehead atoms. The first kappa shape index (κ1) is 11.0. The predicted molar refractivity (Wildman–Crippen MR) is 55.1 cm³/mol. The van der Waals surface area contributed by atoms with E-state index in [1.165, 1.54) is 7.11 Å². The van der Waals surface area contributed by atoms with Crippen molar-refractivity contribution >= 4 is 17.6 Å². The predicted octanol–water partition coefficient (Wildman–Crippen LogP) is 1.82. The number of rotatable bonds is 2. The number of ether oxygens (including phenoxy) is 1. The lowest BCUT2D eigenvalue weighted by atomic mass is 10.1. The first-order valence-corrected chi connectivity index (χ1v) is 4.53. The van der Waals surface area contributed by atoms with Crippen LogP contribution < -0.4 is 5.73 Å². The highest BCUT2D eigenvalue weighted by Gasteiger charge is 2.16. The molecule has 0 saturated heterocycles. The number of esters is 1. The zero-order valence-corrected chi connectivity index (χ0v) is 8.84. The maximum atomic E-state index is 11.1. The number of benzene rings is 1. The van der Waals surface area contributed by atoms with E-state index in [-0.39, 0.29) is 0 Å². The zero-order chi connectivity index (χ0) is 10.7. The summed E-state index contributed by atoms with van der Waals surface area (Å²) in [5.74, 6) is -0.466. The summed E-state index contributed by atoms with van der Waals surface area (Å²) in [6.45, 7) is 1.89. The van der Waals surface area contributed by atoms with Crippen LogP contribution in [-0.4, -0.2) is 13.1 Å². The summed E-state index contributed by atoms with van der Waals surface area (Å²) in [6.07, 6.45) is 0. The van der Waals surface area contributed by atoms with E-state index in [9.17, 15) is 4.79 Å². The SMILES string of the molecule is COC(=O)C(N)c1cc(C)cc(Cl)c1. The molecule has 1 atom stereocenters.